The lowest BCUT2D eigenvalue weighted by Crippen LogP contribution is -2.35. The quantitative estimate of drug-likeness (QED) is 0.541. The Kier molecular flexibility index (Phi) is 6.13. The average Bonchev–Trinajstić information content (AvgIpc) is 3.18. The first-order valence-corrected chi connectivity index (χ1v) is 12.0. The van der Waals surface area contributed by atoms with E-state index in [4.69, 9.17) is 4.99 Å². The fraction of sp³-hybridized carbons (Fsp3) is 0.409. The van der Waals surface area contributed by atoms with E-state index in [0.29, 0.717) is 30.2 Å². The molecule has 1 aliphatic heterocycles. The second-order valence-electron chi connectivity index (χ2n) is 8.46. The van der Waals surface area contributed by atoms with Crippen LogP contribution in [0.3, 0.4) is 0 Å². The number of piperidine rings is 1. The highest BCUT2D eigenvalue weighted by molar-refractivity contribution is 7.89. The Hall–Kier alpha value is -2.66. The molecule has 2 fully saturated rings. The Bertz CT molecular complexity index is 1180. The van der Waals surface area contributed by atoms with Crippen molar-refractivity contribution in [3.8, 4) is 0 Å². The molecule has 1 aromatic heterocycles. The summed E-state index contributed by atoms with van der Waals surface area (Å²) in [6.45, 7) is 10.8. The van der Waals surface area contributed by atoms with Gasteiger partial charge in [0.25, 0.3) is 0 Å². The monoisotopic (exact) mass is 456 g/mol. The predicted octanol–water partition coefficient (Wildman–Crippen LogP) is 1.33. The minimum atomic E-state index is -3.77. The van der Waals surface area contributed by atoms with Crippen LogP contribution in [0.5, 0.6) is 0 Å². The van der Waals surface area contributed by atoms with E-state index in [-0.39, 0.29) is 22.8 Å². The van der Waals surface area contributed by atoms with Gasteiger partial charge >= 0.3 is 0 Å². The van der Waals surface area contributed by atoms with Gasteiger partial charge in [-0.05, 0) is 56.0 Å². The standard InChI is InChI=1S/C22H28N6O3S/c1-5-18(26-22(13(2)3)28-12-24-11-25-28)16-8-15(7-6-14(16)4)32(30,31)27-21-17-9-23-10-19(29)20(17)21/h5-8,11-12,17,19-21,23,27,29H,1,9-10H2,2-4H3/t17-,19-,20?,21?/m1/s1. The highest BCUT2D eigenvalue weighted by Gasteiger charge is 2.56. The largest absolute Gasteiger partial charge is 0.391 e. The number of aliphatic hydroxyl groups excluding tert-OH is 1. The summed E-state index contributed by atoms with van der Waals surface area (Å²) in [5.74, 6) is 0.669. The van der Waals surface area contributed by atoms with Gasteiger partial charge in [0.2, 0.25) is 10.0 Å². The van der Waals surface area contributed by atoms with Crippen LogP contribution in [-0.2, 0) is 10.0 Å². The molecule has 0 radical (unpaired) electrons. The van der Waals surface area contributed by atoms with Crippen molar-refractivity contribution in [2.75, 3.05) is 13.1 Å². The molecule has 1 saturated heterocycles. The maximum atomic E-state index is 13.1. The molecule has 32 heavy (non-hydrogen) atoms. The van der Waals surface area contributed by atoms with E-state index in [1.165, 1.54) is 6.33 Å². The molecule has 9 nitrogen and oxygen atoms in total. The third-order valence-corrected chi connectivity index (χ3v) is 7.45. The smallest absolute Gasteiger partial charge is 0.240 e. The predicted molar refractivity (Wildman–Crippen MR) is 122 cm³/mol. The molecule has 0 bridgehead atoms. The summed E-state index contributed by atoms with van der Waals surface area (Å²) in [6, 6.07) is 4.70. The lowest BCUT2D eigenvalue weighted by molar-refractivity contribution is 0.126. The highest BCUT2D eigenvalue weighted by atomic mass is 32.2. The van der Waals surface area contributed by atoms with Crippen molar-refractivity contribution in [1.82, 2.24) is 24.8 Å². The number of nitrogens with one attached hydrogen (secondary N) is 2. The molecule has 1 aliphatic carbocycles. The minimum Gasteiger partial charge on any atom is -0.391 e. The first-order chi connectivity index (χ1) is 15.2. The van der Waals surface area contributed by atoms with Gasteiger partial charge in [-0.25, -0.2) is 27.8 Å². The van der Waals surface area contributed by atoms with Crippen LogP contribution >= 0.6 is 0 Å². The van der Waals surface area contributed by atoms with Crippen molar-refractivity contribution in [3.05, 3.63) is 60.2 Å². The number of aromatic nitrogens is 3. The Balaban J connectivity index is 1.66. The zero-order chi connectivity index (χ0) is 23.0. The van der Waals surface area contributed by atoms with E-state index in [0.717, 1.165) is 11.1 Å². The van der Waals surface area contributed by atoms with Crippen LogP contribution in [0, 0.1) is 18.8 Å². The fourth-order valence-electron chi connectivity index (χ4n) is 4.22. The van der Waals surface area contributed by atoms with Crippen LogP contribution in [0.4, 0.5) is 0 Å². The maximum Gasteiger partial charge on any atom is 0.240 e. The molecule has 1 saturated carbocycles. The van der Waals surface area contributed by atoms with Gasteiger partial charge in [0.05, 0.1) is 16.7 Å². The van der Waals surface area contributed by atoms with Crippen molar-refractivity contribution >= 4 is 21.6 Å². The number of sulfonamides is 1. The second-order valence-corrected chi connectivity index (χ2v) is 10.2. The van der Waals surface area contributed by atoms with Crippen LogP contribution in [0.25, 0.3) is 5.82 Å². The van der Waals surface area contributed by atoms with Crippen molar-refractivity contribution in [3.63, 3.8) is 0 Å². The lowest BCUT2D eigenvalue weighted by atomic mass is 10.0. The number of allylic oxidation sites excluding steroid dienone is 2. The number of rotatable bonds is 7. The molecule has 4 rings (SSSR count). The molecule has 3 N–H and O–H groups in total. The number of aliphatic imine (C=N–C) groups is 1. The molecule has 2 aliphatic rings. The van der Waals surface area contributed by atoms with E-state index in [9.17, 15) is 13.5 Å². The third kappa shape index (κ3) is 4.31. The number of hydrogen-bond acceptors (Lipinski definition) is 7. The number of aryl methyl sites for hydroxylation is 1. The van der Waals surface area contributed by atoms with Crippen molar-refractivity contribution < 1.29 is 13.5 Å². The highest BCUT2D eigenvalue weighted by Crippen LogP contribution is 2.44. The lowest BCUT2D eigenvalue weighted by Gasteiger charge is -2.15. The van der Waals surface area contributed by atoms with E-state index >= 15 is 0 Å². The SMILES string of the molecule is C=CC(=NC(=C(C)C)n1cncn1)c1cc(S(=O)(=O)NC2C3[C@H]2CNC[C@H]3O)ccc1C. The molecule has 170 valence electrons. The Morgan fingerprint density at radius 3 is 2.78 bits per heavy atom. The van der Waals surface area contributed by atoms with Gasteiger partial charge in [-0.3, -0.25) is 0 Å². The second kappa shape index (κ2) is 8.70. The van der Waals surface area contributed by atoms with E-state index in [1.807, 2.05) is 20.8 Å². The number of benzene rings is 1. The molecule has 0 amide bonds. The Morgan fingerprint density at radius 2 is 2.16 bits per heavy atom. The van der Waals surface area contributed by atoms with Crippen LogP contribution < -0.4 is 10.0 Å². The minimum absolute atomic E-state index is 0.0378. The van der Waals surface area contributed by atoms with Crippen LogP contribution in [0.15, 0.2) is 59.0 Å². The van der Waals surface area contributed by atoms with Crippen molar-refractivity contribution in [2.45, 2.75) is 37.8 Å². The van der Waals surface area contributed by atoms with Gasteiger partial charge in [0, 0.05) is 30.6 Å². The van der Waals surface area contributed by atoms with E-state index in [2.05, 4.69) is 26.7 Å². The zero-order valence-electron chi connectivity index (χ0n) is 18.4. The number of aliphatic hydroxyl groups is 1. The summed E-state index contributed by atoms with van der Waals surface area (Å²) in [4.78, 5) is 8.84. The van der Waals surface area contributed by atoms with Crippen LogP contribution in [0.1, 0.15) is 25.0 Å². The van der Waals surface area contributed by atoms with E-state index in [1.54, 1.807) is 35.3 Å². The first kappa shape index (κ1) is 22.5. The number of nitrogens with zero attached hydrogens (tertiary/aromatic N) is 4. The van der Waals surface area contributed by atoms with Gasteiger partial charge in [0.15, 0.2) is 5.82 Å². The van der Waals surface area contributed by atoms with Crippen LogP contribution in [-0.4, -0.2) is 59.2 Å². The van der Waals surface area contributed by atoms with Crippen molar-refractivity contribution in [1.29, 1.82) is 0 Å². The number of β-amino-alcohol motifs (C(OH)–C–C–N with tert-alkyl or cyclic N) is 1. The molecule has 10 heteroatoms. The normalized spacial score (nSPS) is 25.2. The zero-order valence-corrected chi connectivity index (χ0v) is 19.2. The molecule has 2 heterocycles. The summed E-state index contributed by atoms with van der Waals surface area (Å²) in [5.41, 5.74) is 2.98. The first-order valence-electron chi connectivity index (χ1n) is 10.5. The topological polar surface area (TPSA) is 122 Å². The Labute approximate surface area is 188 Å². The van der Waals surface area contributed by atoms with Gasteiger partial charge in [-0.2, -0.15) is 5.10 Å². The average molecular weight is 457 g/mol. The number of hydrogen-bond donors (Lipinski definition) is 3. The van der Waals surface area contributed by atoms with Crippen LogP contribution in [0.2, 0.25) is 0 Å². The van der Waals surface area contributed by atoms with Gasteiger partial charge in [-0.1, -0.05) is 12.6 Å². The fourth-order valence-corrected chi connectivity index (χ4v) is 5.57. The molecule has 4 atom stereocenters. The Morgan fingerprint density at radius 1 is 1.38 bits per heavy atom. The molecule has 0 spiro atoms. The molecule has 2 unspecified atom stereocenters. The summed E-state index contributed by atoms with van der Waals surface area (Å²) in [7, 11) is -3.77. The molecule has 1 aromatic carbocycles. The maximum absolute atomic E-state index is 13.1. The summed E-state index contributed by atoms with van der Waals surface area (Å²) >= 11 is 0. The molecular weight excluding hydrogens is 428 g/mol. The molecular formula is C22H28N6O3S. The van der Waals surface area contributed by atoms with E-state index < -0.39 is 16.1 Å². The molecule has 2 aromatic rings. The third-order valence-electron chi connectivity index (χ3n) is 6.00. The summed E-state index contributed by atoms with van der Waals surface area (Å²) in [5, 5.41) is 17.4. The number of fused-ring (bicyclic) bond motifs is 1. The van der Waals surface area contributed by atoms with Gasteiger partial charge in [0.1, 0.15) is 12.7 Å². The van der Waals surface area contributed by atoms with Gasteiger partial charge < -0.3 is 10.4 Å². The summed E-state index contributed by atoms with van der Waals surface area (Å²) in [6.07, 6.45) is 4.05. The van der Waals surface area contributed by atoms with Crippen molar-refractivity contribution in [2.24, 2.45) is 16.8 Å². The van der Waals surface area contributed by atoms with Gasteiger partial charge in [-0.15, -0.1) is 0 Å². The summed E-state index contributed by atoms with van der Waals surface area (Å²) < 4.78 is 30.6.